The lowest BCUT2D eigenvalue weighted by Gasteiger charge is -2.08. The quantitative estimate of drug-likeness (QED) is 0.468. The van der Waals surface area contributed by atoms with Crippen LogP contribution in [0.2, 0.25) is 0 Å². The van der Waals surface area contributed by atoms with Crippen molar-refractivity contribution >= 4 is 13.7 Å². The number of carbonyl (C=O) groups excluding carboxylic acids is 1. The van der Waals surface area contributed by atoms with Gasteiger partial charge in [0.15, 0.2) is 0 Å². The zero-order chi connectivity index (χ0) is 8.36. The third kappa shape index (κ3) is 4.46. The van der Waals surface area contributed by atoms with Gasteiger partial charge >= 0.3 is 7.82 Å². The summed E-state index contributed by atoms with van der Waals surface area (Å²) in [7, 11) is -4.58. The number of phosphoric acid groups is 1. The van der Waals surface area contributed by atoms with Crippen LogP contribution in [0.1, 0.15) is 6.92 Å². The summed E-state index contributed by atoms with van der Waals surface area (Å²) in [5.41, 5.74) is 4.64. The number of hydrogen-bond acceptors (Lipinski definition) is 3. The summed E-state index contributed by atoms with van der Waals surface area (Å²) in [4.78, 5) is 26.4. The Morgan fingerprint density at radius 1 is 1.70 bits per heavy atom. The smallest absolute Gasteiger partial charge is 0.367 e. The molecule has 0 spiro atoms. The lowest BCUT2D eigenvalue weighted by Crippen LogP contribution is -2.27. The Morgan fingerprint density at radius 3 is 2.20 bits per heavy atom. The minimum atomic E-state index is -4.58. The van der Waals surface area contributed by atoms with E-state index in [1.165, 1.54) is 0 Å². The maximum Gasteiger partial charge on any atom is 0.470 e. The molecular weight excluding hydrogens is 161 g/mol. The zero-order valence-corrected chi connectivity index (χ0v) is 6.12. The van der Waals surface area contributed by atoms with E-state index in [1.807, 2.05) is 0 Å². The van der Waals surface area contributed by atoms with Crippen LogP contribution in [0, 0.1) is 0 Å². The first-order valence-corrected chi connectivity index (χ1v) is 3.89. The van der Waals surface area contributed by atoms with E-state index in [-0.39, 0.29) is 0 Å². The number of carbonyl (C=O) groups is 1. The van der Waals surface area contributed by atoms with Crippen molar-refractivity contribution < 1.29 is 23.7 Å². The van der Waals surface area contributed by atoms with Crippen LogP contribution >= 0.6 is 7.82 Å². The van der Waals surface area contributed by atoms with Crippen LogP contribution < -0.4 is 5.73 Å². The van der Waals surface area contributed by atoms with E-state index in [0.29, 0.717) is 0 Å². The Kier molecular flexibility index (Phi) is 2.98. The SMILES string of the molecule is CC(OP(=O)(O)O)C(N)=O. The van der Waals surface area contributed by atoms with E-state index in [1.54, 1.807) is 0 Å². The first-order chi connectivity index (χ1) is 4.33. The van der Waals surface area contributed by atoms with Gasteiger partial charge in [-0.25, -0.2) is 4.57 Å². The molecule has 0 radical (unpaired) electrons. The van der Waals surface area contributed by atoms with Gasteiger partial charge < -0.3 is 15.5 Å². The van der Waals surface area contributed by atoms with Crippen molar-refractivity contribution in [2.45, 2.75) is 13.0 Å². The minimum Gasteiger partial charge on any atom is -0.367 e. The van der Waals surface area contributed by atoms with E-state index in [2.05, 4.69) is 10.3 Å². The molecule has 0 aliphatic heterocycles. The Morgan fingerprint density at radius 2 is 2.10 bits per heavy atom. The zero-order valence-electron chi connectivity index (χ0n) is 5.22. The average molecular weight is 169 g/mol. The monoisotopic (exact) mass is 169 g/mol. The van der Waals surface area contributed by atoms with Gasteiger partial charge in [-0.15, -0.1) is 0 Å². The first kappa shape index (κ1) is 9.58. The van der Waals surface area contributed by atoms with Gasteiger partial charge in [0.25, 0.3) is 0 Å². The molecule has 1 amide bonds. The second kappa shape index (κ2) is 3.12. The Labute approximate surface area is 57.2 Å². The largest absolute Gasteiger partial charge is 0.470 e. The van der Waals surface area contributed by atoms with E-state index in [4.69, 9.17) is 9.79 Å². The number of rotatable bonds is 3. The standard InChI is InChI=1S/C3H8NO5P/c1-2(3(4)5)9-10(6,7)8/h2H,1H3,(H2,4,5)(H2,6,7,8). The van der Waals surface area contributed by atoms with Crippen LogP contribution in [-0.4, -0.2) is 21.8 Å². The molecule has 0 saturated carbocycles. The van der Waals surface area contributed by atoms with Crippen LogP contribution in [0.5, 0.6) is 0 Å². The van der Waals surface area contributed by atoms with Crippen molar-refractivity contribution in [1.29, 1.82) is 0 Å². The Bertz CT molecular complexity index is 174. The van der Waals surface area contributed by atoms with Gasteiger partial charge in [-0.1, -0.05) is 0 Å². The van der Waals surface area contributed by atoms with Crippen LogP contribution in [0.4, 0.5) is 0 Å². The van der Waals surface area contributed by atoms with Crippen molar-refractivity contribution in [1.82, 2.24) is 0 Å². The summed E-state index contributed by atoms with van der Waals surface area (Å²) in [5, 5.41) is 0. The van der Waals surface area contributed by atoms with Gasteiger partial charge in [-0.3, -0.25) is 9.32 Å². The maximum atomic E-state index is 10.1. The highest BCUT2D eigenvalue weighted by molar-refractivity contribution is 7.46. The molecular formula is C3H8NO5P. The fourth-order valence-electron chi connectivity index (χ4n) is 0.258. The summed E-state index contributed by atoms with van der Waals surface area (Å²) >= 11 is 0. The number of hydrogen-bond donors (Lipinski definition) is 3. The van der Waals surface area contributed by atoms with E-state index < -0.39 is 19.8 Å². The molecule has 6 nitrogen and oxygen atoms in total. The van der Waals surface area contributed by atoms with Crippen molar-refractivity contribution in [3.8, 4) is 0 Å². The summed E-state index contributed by atoms with van der Waals surface area (Å²) in [5.74, 6) is -0.914. The van der Waals surface area contributed by atoms with Crippen molar-refractivity contribution in [2.24, 2.45) is 5.73 Å². The highest BCUT2D eigenvalue weighted by Gasteiger charge is 2.21. The summed E-state index contributed by atoms with van der Waals surface area (Å²) in [6, 6.07) is 0. The predicted octanol–water partition coefficient (Wildman–Crippen LogP) is -1.03. The van der Waals surface area contributed by atoms with Gasteiger partial charge in [0.05, 0.1) is 0 Å². The molecule has 0 aliphatic carbocycles. The lowest BCUT2D eigenvalue weighted by atomic mass is 10.4. The molecule has 0 aliphatic rings. The third-order valence-electron chi connectivity index (χ3n) is 0.696. The average Bonchev–Trinajstić information content (AvgIpc) is 1.60. The van der Waals surface area contributed by atoms with Crippen LogP contribution in [-0.2, 0) is 13.9 Å². The molecule has 0 aromatic carbocycles. The molecule has 0 aromatic rings. The highest BCUT2D eigenvalue weighted by atomic mass is 31.2. The predicted molar refractivity (Wildman–Crippen MR) is 31.8 cm³/mol. The second-order valence-corrected chi connectivity index (χ2v) is 2.83. The normalized spacial score (nSPS) is 14.7. The van der Waals surface area contributed by atoms with E-state index in [0.717, 1.165) is 6.92 Å². The maximum absolute atomic E-state index is 10.1. The third-order valence-corrected chi connectivity index (χ3v) is 1.29. The molecule has 4 N–H and O–H groups in total. The van der Waals surface area contributed by atoms with E-state index in [9.17, 15) is 9.36 Å². The Balaban J connectivity index is 3.93. The first-order valence-electron chi connectivity index (χ1n) is 2.36. The lowest BCUT2D eigenvalue weighted by molar-refractivity contribution is -0.124. The molecule has 0 bridgehead atoms. The fourth-order valence-corrected chi connectivity index (χ4v) is 0.774. The van der Waals surface area contributed by atoms with Crippen LogP contribution in [0.15, 0.2) is 0 Å². The second-order valence-electron chi connectivity index (χ2n) is 1.64. The molecule has 1 unspecified atom stereocenters. The number of phosphoric ester groups is 1. The molecule has 1 atom stereocenters. The fraction of sp³-hybridized carbons (Fsp3) is 0.667. The van der Waals surface area contributed by atoms with Crippen LogP contribution in [0.3, 0.4) is 0 Å². The van der Waals surface area contributed by atoms with Crippen molar-refractivity contribution in [2.75, 3.05) is 0 Å². The summed E-state index contributed by atoms with van der Waals surface area (Å²) in [6.07, 6.45) is -1.26. The Hall–Kier alpha value is -0.420. The molecule has 10 heavy (non-hydrogen) atoms. The molecule has 0 saturated heterocycles. The van der Waals surface area contributed by atoms with Crippen LogP contribution in [0.25, 0.3) is 0 Å². The van der Waals surface area contributed by atoms with Gasteiger partial charge in [0.1, 0.15) is 6.10 Å². The van der Waals surface area contributed by atoms with Crippen molar-refractivity contribution in [3.63, 3.8) is 0 Å². The van der Waals surface area contributed by atoms with Gasteiger partial charge in [0, 0.05) is 0 Å². The van der Waals surface area contributed by atoms with E-state index >= 15 is 0 Å². The van der Waals surface area contributed by atoms with Crippen molar-refractivity contribution in [3.05, 3.63) is 0 Å². The highest BCUT2D eigenvalue weighted by Crippen LogP contribution is 2.37. The van der Waals surface area contributed by atoms with Gasteiger partial charge in [-0.2, -0.15) is 0 Å². The molecule has 7 heteroatoms. The molecule has 0 rings (SSSR count). The number of amides is 1. The number of nitrogens with two attached hydrogens (primary N) is 1. The molecule has 60 valence electrons. The molecule has 0 fully saturated rings. The van der Waals surface area contributed by atoms with Gasteiger partial charge in [-0.05, 0) is 6.92 Å². The number of primary amides is 1. The summed E-state index contributed by atoms with van der Waals surface area (Å²) < 4.78 is 13.9. The summed E-state index contributed by atoms with van der Waals surface area (Å²) in [6.45, 7) is 1.15. The molecule has 0 heterocycles. The minimum absolute atomic E-state index is 0.914. The van der Waals surface area contributed by atoms with Gasteiger partial charge in [0.2, 0.25) is 5.91 Å². The topological polar surface area (TPSA) is 110 Å². The molecule has 0 aromatic heterocycles.